The first kappa shape index (κ1) is 9.16. The lowest BCUT2D eigenvalue weighted by atomic mass is 10.1. The standard InChI is InChI=1S/C9H11NOS/c1-6(2)9(11)8(10)7-4-3-5-12-7/h3-5,8H,1,10H2,2H3. The number of carbonyl (C=O) groups excluding carboxylic acids is 1. The summed E-state index contributed by atoms with van der Waals surface area (Å²) >= 11 is 1.49. The number of rotatable bonds is 3. The van der Waals surface area contributed by atoms with Gasteiger partial charge in [-0.25, -0.2) is 0 Å². The molecule has 0 radical (unpaired) electrons. The van der Waals surface area contributed by atoms with Gasteiger partial charge in [0.15, 0.2) is 5.78 Å². The second-order valence-electron chi connectivity index (χ2n) is 2.64. The molecule has 0 saturated carbocycles. The van der Waals surface area contributed by atoms with Crippen LogP contribution in [-0.4, -0.2) is 5.78 Å². The third-order valence-electron chi connectivity index (χ3n) is 1.55. The summed E-state index contributed by atoms with van der Waals surface area (Å²) in [4.78, 5) is 12.2. The van der Waals surface area contributed by atoms with Crippen molar-refractivity contribution in [1.29, 1.82) is 0 Å². The molecule has 64 valence electrons. The summed E-state index contributed by atoms with van der Waals surface area (Å²) < 4.78 is 0. The molecule has 1 aromatic heterocycles. The SMILES string of the molecule is C=C(C)C(=O)C(N)c1cccs1. The largest absolute Gasteiger partial charge is 0.317 e. The molecule has 0 fully saturated rings. The topological polar surface area (TPSA) is 43.1 Å². The highest BCUT2D eigenvalue weighted by molar-refractivity contribution is 7.10. The van der Waals surface area contributed by atoms with Gasteiger partial charge >= 0.3 is 0 Å². The van der Waals surface area contributed by atoms with Gasteiger partial charge in [-0.2, -0.15) is 0 Å². The van der Waals surface area contributed by atoms with Gasteiger partial charge in [-0.15, -0.1) is 11.3 Å². The molecule has 0 aliphatic carbocycles. The quantitative estimate of drug-likeness (QED) is 0.724. The molecule has 3 heteroatoms. The molecule has 1 aromatic rings. The lowest BCUT2D eigenvalue weighted by Crippen LogP contribution is -2.20. The molecule has 0 aliphatic rings. The van der Waals surface area contributed by atoms with Crippen LogP contribution < -0.4 is 5.73 Å². The second kappa shape index (κ2) is 3.65. The Morgan fingerprint density at radius 1 is 1.75 bits per heavy atom. The van der Waals surface area contributed by atoms with E-state index in [0.29, 0.717) is 5.57 Å². The Hall–Kier alpha value is -0.930. The molecule has 1 unspecified atom stereocenters. The van der Waals surface area contributed by atoms with Crippen LogP contribution in [0.4, 0.5) is 0 Å². The zero-order valence-electron chi connectivity index (χ0n) is 6.91. The molecule has 1 rings (SSSR count). The minimum Gasteiger partial charge on any atom is -0.317 e. The molecular weight excluding hydrogens is 170 g/mol. The second-order valence-corrected chi connectivity index (χ2v) is 3.62. The third-order valence-corrected chi connectivity index (χ3v) is 2.51. The van der Waals surface area contributed by atoms with Gasteiger partial charge in [0.25, 0.3) is 0 Å². The number of carbonyl (C=O) groups is 1. The van der Waals surface area contributed by atoms with Gasteiger partial charge in [0, 0.05) is 4.88 Å². The Morgan fingerprint density at radius 3 is 2.83 bits per heavy atom. The fourth-order valence-electron chi connectivity index (χ4n) is 0.863. The van der Waals surface area contributed by atoms with Gasteiger partial charge in [0.1, 0.15) is 6.04 Å². The Balaban J connectivity index is 2.79. The van der Waals surface area contributed by atoms with Crippen LogP contribution in [-0.2, 0) is 4.79 Å². The molecular formula is C9H11NOS. The fraction of sp³-hybridized carbons (Fsp3) is 0.222. The van der Waals surface area contributed by atoms with Crippen molar-refractivity contribution in [3.63, 3.8) is 0 Å². The Morgan fingerprint density at radius 2 is 2.42 bits per heavy atom. The number of ketones is 1. The van der Waals surface area contributed by atoms with Gasteiger partial charge in [-0.3, -0.25) is 4.79 Å². The molecule has 0 bridgehead atoms. The maximum Gasteiger partial charge on any atom is 0.179 e. The molecule has 1 atom stereocenters. The average molecular weight is 181 g/mol. The van der Waals surface area contributed by atoms with Gasteiger partial charge in [-0.1, -0.05) is 12.6 Å². The summed E-state index contributed by atoms with van der Waals surface area (Å²) in [5, 5.41) is 1.90. The third kappa shape index (κ3) is 1.81. The summed E-state index contributed by atoms with van der Waals surface area (Å²) in [7, 11) is 0. The first-order valence-electron chi connectivity index (χ1n) is 3.61. The van der Waals surface area contributed by atoms with Crippen LogP contribution in [0.25, 0.3) is 0 Å². The molecule has 0 amide bonds. The minimum atomic E-state index is -0.525. The first-order chi connectivity index (χ1) is 5.63. The normalized spacial score (nSPS) is 12.5. The minimum absolute atomic E-state index is 0.0857. The van der Waals surface area contributed by atoms with E-state index in [0.717, 1.165) is 4.88 Å². The van der Waals surface area contributed by atoms with Crippen molar-refractivity contribution in [3.05, 3.63) is 34.5 Å². The van der Waals surface area contributed by atoms with E-state index >= 15 is 0 Å². The van der Waals surface area contributed by atoms with Crippen molar-refractivity contribution in [3.8, 4) is 0 Å². The highest BCUT2D eigenvalue weighted by atomic mass is 32.1. The summed E-state index contributed by atoms with van der Waals surface area (Å²) in [6.45, 7) is 5.24. The highest BCUT2D eigenvalue weighted by Crippen LogP contribution is 2.19. The van der Waals surface area contributed by atoms with Crippen molar-refractivity contribution >= 4 is 17.1 Å². The predicted molar refractivity (Wildman–Crippen MR) is 51.1 cm³/mol. The Bertz CT molecular complexity index is 289. The van der Waals surface area contributed by atoms with Gasteiger partial charge in [-0.05, 0) is 23.9 Å². The van der Waals surface area contributed by atoms with E-state index in [2.05, 4.69) is 6.58 Å². The van der Waals surface area contributed by atoms with E-state index in [-0.39, 0.29) is 5.78 Å². The average Bonchev–Trinajstić information content (AvgIpc) is 2.53. The van der Waals surface area contributed by atoms with Crippen LogP contribution in [0.1, 0.15) is 17.8 Å². The van der Waals surface area contributed by atoms with Crippen molar-refractivity contribution in [2.45, 2.75) is 13.0 Å². The summed E-state index contributed by atoms with van der Waals surface area (Å²) in [6, 6.07) is 3.21. The van der Waals surface area contributed by atoms with Crippen LogP contribution in [0.2, 0.25) is 0 Å². The smallest absolute Gasteiger partial charge is 0.179 e. The summed E-state index contributed by atoms with van der Waals surface area (Å²) in [5.74, 6) is -0.0857. The van der Waals surface area contributed by atoms with E-state index < -0.39 is 6.04 Å². The molecule has 0 saturated heterocycles. The lowest BCUT2D eigenvalue weighted by Gasteiger charge is -2.06. The van der Waals surface area contributed by atoms with Crippen LogP contribution in [0.3, 0.4) is 0 Å². The monoisotopic (exact) mass is 181 g/mol. The van der Waals surface area contributed by atoms with E-state index in [1.165, 1.54) is 11.3 Å². The van der Waals surface area contributed by atoms with Gasteiger partial charge in [0.05, 0.1) is 0 Å². The predicted octanol–water partition coefficient (Wildman–Crippen LogP) is 1.89. The van der Waals surface area contributed by atoms with E-state index in [4.69, 9.17) is 5.73 Å². The Labute approximate surface area is 75.7 Å². The summed E-state index contributed by atoms with van der Waals surface area (Å²) in [5.41, 5.74) is 6.19. The summed E-state index contributed by atoms with van der Waals surface area (Å²) in [6.07, 6.45) is 0. The van der Waals surface area contributed by atoms with Crippen LogP contribution in [0.5, 0.6) is 0 Å². The molecule has 2 nitrogen and oxygen atoms in total. The zero-order chi connectivity index (χ0) is 9.14. The van der Waals surface area contributed by atoms with Crippen molar-refractivity contribution < 1.29 is 4.79 Å². The molecule has 0 spiro atoms. The molecule has 0 aliphatic heterocycles. The van der Waals surface area contributed by atoms with E-state index in [1.807, 2.05) is 17.5 Å². The lowest BCUT2D eigenvalue weighted by molar-refractivity contribution is -0.116. The molecule has 2 N–H and O–H groups in total. The van der Waals surface area contributed by atoms with Crippen molar-refractivity contribution in [2.75, 3.05) is 0 Å². The van der Waals surface area contributed by atoms with Crippen LogP contribution in [0, 0.1) is 0 Å². The number of thiophene rings is 1. The van der Waals surface area contributed by atoms with Crippen molar-refractivity contribution in [2.24, 2.45) is 5.73 Å². The van der Waals surface area contributed by atoms with Gasteiger partial charge in [0.2, 0.25) is 0 Å². The van der Waals surface area contributed by atoms with Crippen molar-refractivity contribution in [1.82, 2.24) is 0 Å². The maximum absolute atomic E-state index is 11.3. The first-order valence-corrected chi connectivity index (χ1v) is 4.49. The maximum atomic E-state index is 11.3. The number of Topliss-reactive ketones (excluding diaryl/α,β-unsaturated/α-hetero) is 1. The Kier molecular flexibility index (Phi) is 2.78. The highest BCUT2D eigenvalue weighted by Gasteiger charge is 2.16. The number of nitrogens with two attached hydrogens (primary N) is 1. The van der Waals surface area contributed by atoms with Crippen LogP contribution in [0.15, 0.2) is 29.7 Å². The number of hydrogen-bond acceptors (Lipinski definition) is 3. The van der Waals surface area contributed by atoms with E-state index in [1.54, 1.807) is 6.92 Å². The fourth-order valence-corrected chi connectivity index (χ4v) is 1.59. The molecule has 12 heavy (non-hydrogen) atoms. The zero-order valence-corrected chi connectivity index (χ0v) is 7.73. The number of hydrogen-bond donors (Lipinski definition) is 1. The molecule has 0 aromatic carbocycles. The van der Waals surface area contributed by atoms with E-state index in [9.17, 15) is 4.79 Å². The van der Waals surface area contributed by atoms with Crippen LogP contribution >= 0.6 is 11.3 Å². The van der Waals surface area contributed by atoms with Gasteiger partial charge < -0.3 is 5.73 Å². The molecule has 1 heterocycles.